The fraction of sp³-hybridized carbons (Fsp3) is 0.235. The Balaban J connectivity index is 1.80. The summed E-state index contributed by atoms with van der Waals surface area (Å²) in [6.45, 7) is 16.5. The summed E-state index contributed by atoms with van der Waals surface area (Å²) in [5.74, 6) is -1.72. The Morgan fingerprint density at radius 1 is 0.791 bits per heavy atom. The van der Waals surface area contributed by atoms with Crippen molar-refractivity contribution in [2.45, 2.75) is 53.4 Å². The molecular formula is C34H32N4O4Sb. The minimum atomic E-state index is -1.45. The Kier molecular flexibility index (Phi) is 7.29. The number of allylic oxidation sites excluding steroid dienone is 5. The van der Waals surface area contributed by atoms with E-state index >= 15 is 0 Å². The van der Waals surface area contributed by atoms with Gasteiger partial charge in [-0.3, -0.25) is 0 Å². The number of carboxylic acid groups (broad SMARTS) is 2. The Morgan fingerprint density at radius 3 is 2.09 bits per heavy atom. The molecule has 2 aromatic rings. The number of aliphatic carboxylic acids is 2. The van der Waals surface area contributed by atoms with Gasteiger partial charge in [-0.05, 0) is 0 Å². The zero-order chi connectivity index (χ0) is 30.7. The molecule has 9 heteroatoms. The van der Waals surface area contributed by atoms with E-state index in [1.54, 1.807) is 0 Å². The molecular weight excluding hydrogens is 650 g/mol. The minimum absolute atomic E-state index is 0.00320. The number of hydrogen-bond donors (Lipinski definition) is 2. The van der Waals surface area contributed by atoms with Crippen molar-refractivity contribution < 1.29 is 19.8 Å². The van der Waals surface area contributed by atoms with E-state index in [4.69, 9.17) is 9.98 Å². The number of aliphatic imine (C=N–C) groups is 2. The Bertz CT molecular complexity index is 2020. The fourth-order valence-electron chi connectivity index (χ4n) is 6.27. The molecule has 4 aliphatic rings. The predicted molar refractivity (Wildman–Crippen MR) is 172 cm³/mol. The molecule has 0 saturated carbocycles. The van der Waals surface area contributed by atoms with Crippen molar-refractivity contribution >= 4 is 75.9 Å². The van der Waals surface area contributed by atoms with Gasteiger partial charge in [0.2, 0.25) is 0 Å². The first kappa shape index (κ1) is 28.9. The van der Waals surface area contributed by atoms with Gasteiger partial charge < -0.3 is 0 Å². The van der Waals surface area contributed by atoms with Gasteiger partial charge in [-0.15, -0.1) is 0 Å². The van der Waals surface area contributed by atoms with Crippen molar-refractivity contribution in [3.63, 3.8) is 0 Å². The molecule has 2 N–H and O–H groups in total. The van der Waals surface area contributed by atoms with Gasteiger partial charge in [-0.1, -0.05) is 0 Å². The molecule has 6 bridgehead atoms. The predicted octanol–water partition coefficient (Wildman–Crippen LogP) is 4.36. The number of fused-ring (bicyclic) bond motifs is 2. The van der Waals surface area contributed by atoms with Gasteiger partial charge in [0.05, 0.1) is 0 Å². The van der Waals surface area contributed by atoms with E-state index in [1.807, 2.05) is 25.2 Å². The summed E-state index contributed by atoms with van der Waals surface area (Å²) in [7, 11) is 0. The van der Waals surface area contributed by atoms with Crippen molar-refractivity contribution in [1.82, 2.24) is 5.45 Å². The van der Waals surface area contributed by atoms with Crippen LogP contribution in [0.4, 0.5) is 0 Å². The maximum atomic E-state index is 11.8. The molecule has 1 radical (unpaired) electrons. The monoisotopic (exact) mass is 681 g/mol. The van der Waals surface area contributed by atoms with Crippen molar-refractivity contribution in [2.24, 2.45) is 9.98 Å². The number of nitrogens with zero attached hydrogens (tertiary/aromatic N) is 4. The Hall–Kier alpha value is -4.16. The second kappa shape index (κ2) is 10.8. The number of rotatable bonds is 8. The molecule has 0 atom stereocenters. The molecule has 2 aromatic heterocycles. The van der Waals surface area contributed by atoms with Crippen molar-refractivity contribution in [1.29, 1.82) is 0 Å². The number of carbonyl (C=O) groups is 2. The van der Waals surface area contributed by atoms with E-state index in [0.717, 1.165) is 89.4 Å². The van der Waals surface area contributed by atoms with E-state index in [-0.39, 0.29) is 12.8 Å². The van der Waals surface area contributed by atoms with Crippen LogP contribution in [-0.4, -0.2) is 61.2 Å². The fourth-order valence-corrected chi connectivity index (χ4v) is 10.1. The van der Waals surface area contributed by atoms with Crippen LogP contribution in [0.25, 0.3) is 30.4 Å². The standard InChI is InChI=1S/C34H34N4O4.Sb/c1-7-21-17(3)25-13-26-19(5)23(9-11-33(39)40)31(37-26)16-32-24(10-12-34(41)42)20(6)28(38-32)15-30-22(8-2)18(4)27(36-30)14-29(21)35-25;/h7-8,13-16H,1-2,9-12H2,3-6H3,(H4,35,36,37,38,39,40,41,42);/q;+2/p-2. The molecule has 0 aliphatic carbocycles. The van der Waals surface area contributed by atoms with Gasteiger partial charge in [-0.25, -0.2) is 0 Å². The Morgan fingerprint density at radius 2 is 1.42 bits per heavy atom. The van der Waals surface area contributed by atoms with E-state index in [9.17, 15) is 19.8 Å². The van der Waals surface area contributed by atoms with Gasteiger partial charge in [0.25, 0.3) is 0 Å². The van der Waals surface area contributed by atoms with Gasteiger partial charge in [0.1, 0.15) is 0 Å². The van der Waals surface area contributed by atoms with Crippen LogP contribution in [0.5, 0.6) is 0 Å². The van der Waals surface area contributed by atoms with Crippen molar-refractivity contribution in [2.75, 3.05) is 0 Å². The molecule has 0 fully saturated rings. The van der Waals surface area contributed by atoms with E-state index in [2.05, 4.69) is 57.6 Å². The van der Waals surface area contributed by atoms with Crippen LogP contribution < -0.4 is 10.7 Å². The van der Waals surface area contributed by atoms with Gasteiger partial charge in [-0.2, -0.15) is 0 Å². The molecule has 8 nitrogen and oxygen atoms in total. The van der Waals surface area contributed by atoms with Crippen LogP contribution in [0, 0.1) is 13.8 Å². The van der Waals surface area contributed by atoms with Gasteiger partial charge in [0.15, 0.2) is 0 Å². The average molecular weight is 682 g/mol. The van der Waals surface area contributed by atoms with E-state index in [0.29, 0.717) is 12.8 Å². The van der Waals surface area contributed by atoms with Crippen LogP contribution in [0.3, 0.4) is 0 Å². The molecule has 0 amide bonds. The molecule has 0 aromatic carbocycles. The van der Waals surface area contributed by atoms with Gasteiger partial charge in [0, 0.05) is 0 Å². The van der Waals surface area contributed by atoms with Gasteiger partial charge >= 0.3 is 262 Å². The third-order valence-corrected chi connectivity index (χ3v) is 12.2. The first-order valence-electron chi connectivity index (χ1n) is 14.2. The second-order valence-electron chi connectivity index (χ2n) is 11.1. The maximum absolute atomic E-state index is 11.8. The normalized spacial score (nSPS) is 16.6. The summed E-state index contributed by atoms with van der Waals surface area (Å²) in [4.78, 5) is 33.5. The average Bonchev–Trinajstić information content (AvgIpc) is 3.58. The topological polar surface area (TPSA) is 109 Å². The third kappa shape index (κ3) is 4.69. The molecule has 0 saturated heterocycles. The summed E-state index contributed by atoms with van der Waals surface area (Å²) in [6.07, 6.45) is 12.9. The van der Waals surface area contributed by atoms with E-state index < -0.39 is 34.1 Å². The summed E-state index contributed by atoms with van der Waals surface area (Å²) in [6, 6.07) is 0. The molecule has 6 rings (SSSR count). The molecule has 6 heterocycles. The third-order valence-electron chi connectivity index (χ3n) is 8.67. The first-order chi connectivity index (χ1) is 20.5. The van der Waals surface area contributed by atoms with Crippen LogP contribution >= 0.6 is 0 Å². The Labute approximate surface area is 260 Å². The summed E-state index contributed by atoms with van der Waals surface area (Å²) >= 11 is -1.45. The molecule has 43 heavy (non-hydrogen) atoms. The van der Waals surface area contributed by atoms with Crippen molar-refractivity contribution in [3.05, 3.63) is 97.3 Å². The molecule has 4 aliphatic heterocycles. The summed E-state index contributed by atoms with van der Waals surface area (Å²) < 4.78 is 4.77. The molecule has 0 unspecified atom stereocenters. The molecule has 0 spiro atoms. The summed E-state index contributed by atoms with van der Waals surface area (Å²) in [5, 5.41) is 21.1. The molecule has 217 valence electrons. The summed E-state index contributed by atoms with van der Waals surface area (Å²) in [5.41, 5.74) is 13.3. The number of carboxylic acids is 2. The second-order valence-corrected chi connectivity index (χ2v) is 13.9. The van der Waals surface area contributed by atoms with Crippen LogP contribution in [0.1, 0.15) is 66.8 Å². The SMILES string of the molecule is C=CC1=C(C)C2=Cc3c(C=C)c(C)c4[n]3[Sb][n]3c(c(C)c(CCC(=O)O)c3=CC3=NC(=C4)C(C)=C3CCC(=O)O)=CC1=N2. The van der Waals surface area contributed by atoms with Crippen LogP contribution in [0.2, 0.25) is 0 Å². The van der Waals surface area contributed by atoms with Crippen LogP contribution in [0.15, 0.2) is 62.9 Å². The van der Waals surface area contributed by atoms with E-state index in [1.165, 1.54) is 0 Å². The van der Waals surface area contributed by atoms with Crippen molar-refractivity contribution in [3.8, 4) is 0 Å². The first-order valence-corrected chi connectivity index (χ1v) is 16.4. The quantitative estimate of drug-likeness (QED) is 0.404. The zero-order valence-corrected chi connectivity index (χ0v) is 27.2. The zero-order valence-electron chi connectivity index (χ0n) is 24.7. The number of aromatic nitrogens is 2. The number of hydrogen-bond acceptors (Lipinski definition) is 4. The van der Waals surface area contributed by atoms with Crippen LogP contribution in [-0.2, 0) is 16.0 Å².